The Morgan fingerprint density at radius 2 is 1.76 bits per heavy atom. The van der Waals surface area contributed by atoms with Gasteiger partial charge in [0.2, 0.25) is 5.91 Å². The molecule has 1 N–H and O–H groups in total. The number of aryl methyl sites for hydroxylation is 3. The molecule has 0 aliphatic rings. The van der Waals surface area contributed by atoms with Gasteiger partial charge in [-0.25, -0.2) is 14.2 Å². The van der Waals surface area contributed by atoms with Gasteiger partial charge in [0.15, 0.2) is 16.3 Å². The third-order valence-electron chi connectivity index (χ3n) is 5.36. The number of amides is 1. The second-order valence-corrected chi connectivity index (χ2v) is 8.54. The number of fused-ring (bicyclic) bond motifs is 1. The molecule has 0 fully saturated rings. The van der Waals surface area contributed by atoms with E-state index < -0.39 is 17.1 Å². The molecule has 8 nitrogen and oxygen atoms in total. The molecular formula is C23H22FN5O3S. The Balaban J connectivity index is 1.64. The lowest BCUT2D eigenvalue weighted by atomic mass is 10.2. The van der Waals surface area contributed by atoms with Gasteiger partial charge < -0.3 is 9.88 Å². The molecule has 0 spiro atoms. The van der Waals surface area contributed by atoms with E-state index in [4.69, 9.17) is 0 Å². The first-order valence-electron chi connectivity index (χ1n) is 10.2. The third-order valence-corrected chi connectivity index (χ3v) is 6.39. The van der Waals surface area contributed by atoms with Gasteiger partial charge in [0.25, 0.3) is 5.56 Å². The summed E-state index contributed by atoms with van der Waals surface area (Å²) in [5, 5.41) is 3.27. The molecule has 0 saturated heterocycles. The summed E-state index contributed by atoms with van der Waals surface area (Å²) in [7, 11) is 3.16. The topological polar surface area (TPSA) is 90.9 Å². The minimum Gasteiger partial charge on any atom is -0.325 e. The number of nitrogens with one attached hydrogen (secondary N) is 1. The van der Waals surface area contributed by atoms with Crippen LogP contribution in [0.3, 0.4) is 0 Å². The summed E-state index contributed by atoms with van der Waals surface area (Å²) in [5.74, 6) is -0.636. The van der Waals surface area contributed by atoms with E-state index in [1.807, 2.05) is 31.2 Å². The molecule has 2 aromatic carbocycles. The van der Waals surface area contributed by atoms with Crippen molar-refractivity contribution in [3.8, 4) is 0 Å². The molecule has 1 amide bonds. The van der Waals surface area contributed by atoms with E-state index in [0.29, 0.717) is 5.16 Å². The van der Waals surface area contributed by atoms with Crippen LogP contribution in [0.2, 0.25) is 0 Å². The number of carbonyl (C=O) groups is 1. The highest BCUT2D eigenvalue weighted by Crippen LogP contribution is 2.21. The van der Waals surface area contributed by atoms with Gasteiger partial charge in [0, 0.05) is 25.3 Å². The van der Waals surface area contributed by atoms with Crippen LogP contribution in [0, 0.1) is 12.7 Å². The van der Waals surface area contributed by atoms with Crippen LogP contribution in [0.5, 0.6) is 0 Å². The summed E-state index contributed by atoms with van der Waals surface area (Å²) in [5.41, 5.74) is 1.16. The molecule has 0 aliphatic heterocycles. The fraction of sp³-hybridized carbons (Fsp3) is 0.217. The van der Waals surface area contributed by atoms with Gasteiger partial charge in [0.1, 0.15) is 5.82 Å². The molecule has 10 heteroatoms. The van der Waals surface area contributed by atoms with Gasteiger partial charge in [-0.15, -0.1) is 0 Å². The molecule has 2 aromatic heterocycles. The number of carbonyl (C=O) groups excluding carboxylic acids is 1. The van der Waals surface area contributed by atoms with Crippen LogP contribution in [0.25, 0.3) is 11.2 Å². The minimum absolute atomic E-state index is 0.0723. The summed E-state index contributed by atoms with van der Waals surface area (Å²) < 4.78 is 17.9. The van der Waals surface area contributed by atoms with Crippen molar-refractivity contribution in [1.29, 1.82) is 0 Å². The van der Waals surface area contributed by atoms with E-state index in [1.165, 1.54) is 23.7 Å². The van der Waals surface area contributed by atoms with E-state index in [0.717, 1.165) is 27.6 Å². The molecular weight excluding hydrogens is 445 g/mol. The summed E-state index contributed by atoms with van der Waals surface area (Å²) >= 11 is 1.16. The van der Waals surface area contributed by atoms with Gasteiger partial charge in [-0.05, 0) is 24.6 Å². The van der Waals surface area contributed by atoms with Crippen LogP contribution in [0.15, 0.2) is 63.3 Å². The predicted octanol–water partition coefficient (Wildman–Crippen LogP) is 2.66. The minimum atomic E-state index is -0.595. The maximum absolute atomic E-state index is 14.1. The Labute approximate surface area is 192 Å². The Hall–Kier alpha value is -3.66. The molecule has 0 atom stereocenters. The van der Waals surface area contributed by atoms with Crippen molar-refractivity contribution in [2.75, 3.05) is 11.1 Å². The molecule has 0 radical (unpaired) electrons. The summed E-state index contributed by atoms with van der Waals surface area (Å²) in [6.45, 7) is 1.71. The third kappa shape index (κ3) is 4.34. The van der Waals surface area contributed by atoms with Crippen molar-refractivity contribution in [2.24, 2.45) is 14.1 Å². The molecule has 0 saturated carbocycles. The number of aromatic nitrogens is 4. The number of imidazole rings is 1. The lowest BCUT2D eigenvalue weighted by Crippen LogP contribution is -2.40. The van der Waals surface area contributed by atoms with Crippen molar-refractivity contribution >= 4 is 34.5 Å². The maximum Gasteiger partial charge on any atom is 0.332 e. The largest absolute Gasteiger partial charge is 0.332 e. The molecule has 0 aliphatic carbocycles. The molecule has 170 valence electrons. The van der Waals surface area contributed by atoms with E-state index in [2.05, 4.69) is 10.3 Å². The number of hydrogen-bond donors (Lipinski definition) is 1. The lowest BCUT2D eigenvalue weighted by molar-refractivity contribution is -0.113. The molecule has 2 heterocycles. The zero-order chi connectivity index (χ0) is 23.7. The van der Waals surface area contributed by atoms with Crippen LogP contribution in [-0.2, 0) is 25.4 Å². The Morgan fingerprint density at radius 1 is 1.06 bits per heavy atom. The maximum atomic E-state index is 14.1. The standard InChI is InChI=1S/C23H22FN5O3S/c1-14-8-4-7-11-17(14)25-18(30)13-33-22-26-20-19(27(22)2)21(31)29(23(32)28(20)3)12-15-9-5-6-10-16(15)24/h4-11H,12-13H2,1-3H3,(H,25,30). The zero-order valence-electron chi connectivity index (χ0n) is 18.3. The molecule has 0 bridgehead atoms. The van der Waals surface area contributed by atoms with Crippen molar-refractivity contribution in [2.45, 2.75) is 18.6 Å². The Bertz CT molecular complexity index is 1490. The van der Waals surface area contributed by atoms with Gasteiger partial charge in [-0.2, -0.15) is 0 Å². The van der Waals surface area contributed by atoms with Crippen LogP contribution in [-0.4, -0.2) is 30.3 Å². The van der Waals surface area contributed by atoms with Crippen LogP contribution < -0.4 is 16.6 Å². The highest BCUT2D eigenvalue weighted by Gasteiger charge is 2.20. The van der Waals surface area contributed by atoms with Crippen LogP contribution >= 0.6 is 11.8 Å². The highest BCUT2D eigenvalue weighted by atomic mass is 32.2. The molecule has 33 heavy (non-hydrogen) atoms. The fourth-order valence-electron chi connectivity index (χ4n) is 3.52. The molecule has 4 rings (SSSR count). The van der Waals surface area contributed by atoms with Crippen LogP contribution in [0.1, 0.15) is 11.1 Å². The van der Waals surface area contributed by atoms with Crippen molar-refractivity contribution < 1.29 is 9.18 Å². The summed E-state index contributed by atoms with van der Waals surface area (Å²) in [4.78, 5) is 42.8. The number of hydrogen-bond acceptors (Lipinski definition) is 5. The quantitative estimate of drug-likeness (QED) is 0.441. The van der Waals surface area contributed by atoms with Crippen molar-refractivity contribution in [3.63, 3.8) is 0 Å². The van der Waals surface area contributed by atoms with Gasteiger partial charge in [0.05, 0.1) is 12.3 Å². The first-order valence-corrected chi connectivity index (χ1v) is 11.1. The average molecular weight is 468 g/mol. The molecule has 4 aromatic rings. The van der Waals surface area contributed by atoms with Crippen molar-refractivity contribution in [3.05, 3.63) is 86.3 Å². The van der Waals surface area contributed by atoms with E-state index in [9.17, 15) is 18.8 Å². The van der Waals surface area contributed by atoms with E-state index in [1.54, 1.807) is 23.7 Å². The zero-order valence-corrected chi connectivity index (χ0v) is 19.1. The first-order chi connectivity index (χ1) is 15.8. The summed E-state index contributed by atoms with van der Waals surface area (Å²) in [6.07, 6.45) is 0. The Kier molecular flexibility index (Phi) is 6.19. The first kappa shape index (κ1) is 22.5. The average Bonchev–Trinajstić information content (AvgIpc) is 3.13. The predicted molar refractivity (Wildman–Crippen MR) is 126 cm³/mol. The van der Waals surface area contributed by atoms with Crippen LogP contribution in [0.4, 0.5) is 10.1 Å². The van der Waals surface area contributed by atoms with Crippen molar-refractivity contribution in [1.82, 2.24) is 18.7 Å². The smallest absolute Gasteiger partial charge is 0.325 e. The number of anilines is 1. The number of para-hydroxylation sites is 1. The SMILES string of the molecule is Cc1ccccc1NC(=O)CSc1nc2c(c(=O)n(Cc3ccccc3F)c(=O)n2C)n1C. The second kappa shape index (κ2) is 9.07. The van der Waals surface area contributed by atoms with E-state index >= 15 is 0 Å². The fourth-order valence-corrected chi connectivity index (χ4v) is 4.29. The summed E-state index contributed by atoms with van der Waals surface area (Å²) in [6, 6.07) is 13.5. The monoisotopic (exact) mass is 467 g/mol. The Morgan fingerprint density at radius 3 is 2.48 bits per heavy atom. The highest BCUT2D eigenvalue weighted by molar-refractivity contribution is 7.99. The molecule has 0 unspecified atom stereocenters. The number of benzene rings is 2. The number of thioether (sulfide) groups is 1. The normalized spacial score (nSPS) is 11.2. The lowest BCUT2D eigenvalue weighted by Gasteiger charge is -2.09. The van der Waals surface area contributed by atoms with Gasteiger partial charge >= 0.3 is 5.69 Å². The van der Waals surface area contributed by atoms with Gasteiger partial charge in [-0.1, -0.05) is 48.2 Å². The second-order valence-electron chi connectivity index (χ2n) is 7.60. The van der Waals surface area contributed by atoms with E-state index in [-0.39, 0.29) is 34.9 Å². The number of nitrogens with zero attached hydrogens (tertiary/aromatic N) is 4. The number of halogens is 1. The number of rotatable bonds is 6. The van der Waals surface area contributed by atoms with Gasteiger partial charge in [-0.3, -0.25) is 18.7 Å².